The Balaban J connectivity index is 3.02. The van der Waals surface area contributed by atoms with Crippen molar-refractivity contribution in [2.75, 3.05) is 13.1 Å². The van der Waals surface area contributed by atoms with Crippen molar-refractivity contribution < 1.29 is 0 Å². The first-order chi connectivity index (χ1) is 3.81. The van der Waals surface area contributed by atoms with Gasteiger partial charge in [-0.25, -0.2) is 0 Å². The Hall–Kier alpha value is -0.550. The Morgan fingerprint density at radius 1 is 1.75 bits per heavy atom. The molecule has 0 aromatic rings. The molecule has 8 heavy (non-hydrogen) atoms. The molecule has 0 radical (unpaired) electrons. The van der Waals surface area contributed by atoms with Gasteiger partial charge >= 0.3 is 0 Å². The van der Waals surface area contributed by atoms with Gasteiger partial charge in [-0.1, -0.05) is 6.92 Å². The van der Waals surface area contributed by atoms with Crippen LogP contribution in [0.1, 0.15) is 13.8 Å². The van der Waals surface area contributed by atoms with E-state index in [1.54, 1.807) is 0 Å². The number of hydrogen-bond acceptors (Lipinski definition) is 2. The topological polar surface area (TPSA) is 35.8 Å². The smallest absolute Gasteiger partial charge is 0.0666 e. The fourth-order valence-electron chi connectivity index (χ4n) is 0.406. The molecule has 0 bridgehead atoms. The zero-order valence-electron chi connectivity index (χ0n) is 5.44. The standard InChI is InChI=1S/C6H12N2/c1-3-8-5-6(2)4-7/h6,8H,3,5H2,1-2H3/t6-/m0/s1. The highest BCUT2D eigenvalue weighted by molar-refractivity contribution is 4.79. The van der Waals surface area contributed by atoms with Crippen molar-refractivity contribution in [3.8, 4) is 6.07 Å². The molecule has 0 aliphatic carbocycles. The highest BCUT2D eigenvalue weighted by Gasteiger charge is 1.93. The lowest BCUT2D eigenvalue weighted by molar-refractivity contribution is 0.620. The van der Waals surface area contributed by atoms with E-state index in [0.29, 0.717) is 0 Å². The predicted octanol–water partition coefficient (Wildman–Crippen LogP) is 0.756. The number of nitrogens with zero attached hydrogens (tertiary/aromatic N) is 1. The summed E-state index contributed by atoms with van der Waals surface area (Å²) in [5.41, 5.74) is 0. The van der Waals surface area contributed by atoms with E-state index in [-0.39, 0.29) is 5.92 Å². The number of hydrogen-bond donors (Lipinski definition) is 1. The predicted molar refractivity (Wildman–Crippen MR) is 33.3 cm³/mol. The third kappa shape index (κ3) is 3.63. The van der Waals surface area contributed by atoms with Crippen molar-refractivity contribution in [1.29, 1.82) is 5.26 Å². The average Bonchev–Trinajstić information content (AvgIpc) is 1.83. The first kappa shape index (κ1) is 7.45. The molecule has 0 aliphatic heterocycles. The van der Waals surface area contributed by atoms with Crippen LogP contribution in [0.15, 0.2) is 0 Å². The highest BCUT2D eigenvalue weighted by atomic mass is 14.8. The van der Waals surface area contributed by atoms with E-state index in [4.69, 9.17) is 5.26 Å². The monoisotopic (exact) mass is 112 g/mol. The molecule has 1 atom stereocenters. The van der Waals surface area contributed by atoms with Crippen LogP contribution in [0, 0.1) is 17.2 Å². The summed E-state index contributed by atoms with van der Waals surface area (Å²) in [7, 11) is 0. The molecule has 0 rings (SSSR count). The van der Waals surface area contributed by atoms with Crippen molar-refractivity contribution in [3.05, 3.63) is 0 Å². The Morgan fingerprint density at radius 3 is 2.75 bits per heavy atom. The van der Waals surface area contributed by atoms with Gasteiger partial charge in [-0.05, 0) is 13.5 Å². The van der Waals surface area contributed by atoms with Crippen LogP contribution in [-0.2, 0) is 0 Å². The molecule has 0 amide bonds. The summed E-state index contributed by atoms with van der Waals surface area (Å²) in [5.74, 6) is 0.148. The molecular weight excluding hydrogens is 100 g/mol. The van der Waals surface area contributed by atoms with E-state index in [1.807, 2.05) is 13.8 Å². The summed E-state index contributed by atoms with van der Waals surface area (Å²) >= 11 is 0. The molecule has 0 saturated heterocycles. The second kappa shape index (κ2) is 4.61. The summed E-state index contributed by atoms with van der Waals surface area (Å²) < 4.78 is 0. The van der Waals surface area contributed by atoms with Crippen LogP contribution in [-0.4, -0.2) is 13.1 Å². The second-order valence-electron chi connectivity index (χ2n) is 1.84. The molecule has 0 aliphatic rings. The quantitative estimate of drug-likeness (QED) is 0.585. The van der Waals surface area contributed by atoms with Gasteiger partial charge in [0.15, 0.2) is 0 Å². The van der Waals surface area contributed by atoms with E-state index in [9.17, 15) is 0 Å². The molecule has 0 heterocycles. The fourth-order valence-corrected chi connectivity index (χ4v) is 0.406. The summed E-state index contributed by atoms with van der Waals surface area (Å²) in [6, 6.07) is 2.14. The van der Waals surface area contributed by atoms with Gasteiger partial charge in [-0.3, -0.25) is 0 Å². The van der Waals surface area contributed by atoms with E-state index >= 15 is 0 Å². The summed E-state index contributed by atoms with van der Waals surface area (Å²) in [6.45, 7) is 5.70. The van der Waals surface area contributed by atoms with Crippen LogP contribution in [0.25, 0.3) is 0 Å². The van der Waals surface area contributed by atoms with Gasteiger partial charge in [0.1, 0.15) is 0 Å². The number of nitriles is 1. The molecule has 0 fully saturated rings. The maximum absolute atomic E-state index is 8.27. The lowest BCUT2D eigenvalue weighted by Crippen LogP contribution is -2.19. The Labute approximate surface area is 50.5 Å². The Kier molecular flexibility index (Phi) is 4.29. The van der Waals surface area contributed by atoms with Crippen LogP contribution in [0.5, 0.6) is 0 Å². The fraction of sp³-hybridized carbons (Fsp3) is 0.833. The SMILES string of the molecule is CCNC[C@@H](C)C#N. The van der Waals surface area contributed by atoms with Crippen molar-refractivity contribution >= 4 is 0 Å². The zero-order chi connectivity index (χ0) is 6.41. The van der Waals surface area contributed by atoms with Crippen LogP contribution in [0.4, 0.5) is 0 Å². The van der Waals surface area contributed by atoms with E-state index in [2.05, 4.69) is 11.4 Å². The highest BCUT2D eigenvalue weighted by Crippen LogP contribution is 1.85. The Bertz CT molecular complexity index is 83.0. The Morgan fingerprint density at radius 2 is 2.38 bits per heavy atom. The third-order valence-corrected chi connectivity index (χ3v) is 0.921. The zero-order valence-corrected chi connectivity index (χ0v) is 5.44. The molecule has 0 aromatic carbocycles. The lowest BCUT2D eigenvalue weighted by Gasteiger charge is -1.99. The first-order valence-corrected chi connectivity index (χ1v) is 2.91. The number of nitrogens with one attached hydrogen (secondary N) is 1. The molecule has 0 aromatic heterocycles. The van der Waals surface area contributed by atoms with Gasteiger partial charge in [0.2, 0.25) is 0 Å². The van der Waals surface area contributed by atoms with Crippen LogP contribution < -0.4 is 5.32 Å². The maximum Gasteiger partial charge on any atom is 0.0666 e. The van der Waals surface area contributed by atoms with Gasteiger partial charge in [0.05, 0.1) is 12.0 Å². The molecule has 46 valence electrons. The van der Waals surface area contributed by atoms with Crippen molar-refractivity contribution in [2.45, 2.75) is 13.8 Å². The van der Waals surface area contributed by atoms with Crippen molar-refractivity contribution in [2.24, 2.45) is 5.92 Å². The minimum Gasteiger partial charge on any atom is -0.316 e. The van der Waals surface area contributed by atoms with Gasteiger partial charge in [-0.15, -0.1) is 0 Å². The third-order valence-electron chi connectivity index (χ3n) is 0.921. The lowest BCUT2D eigenvalue weighted by atomic mass is 10.2. The van der Waals surface area contributed by atoms with Gasteiger partial charge in [0.25, 0.3) is 0 Å². The normalized spacial score (nSPS) is 12.6. The summed E-state index contributed by atoms with van der Waals surface area (Å²) in [5, 5.41) is 11.3. The van der Waals surface area contributed by atoms with Gasteiger partial charge < -0.3 is 5.32 Å². The molecule has 1 N–H and O–H groups in total. The molecular formula is C6H12N2. The van der Waals surface area contributed by atoms with Gasteiger partial charge in [-0.2, -0.15) is 5.26 Å². The summed E-state index contributed by atoms with van der Waals surface area (Å²) in [4.78, 5) is 0. The molecule has 0 saturated carbocycles. The van der Waals surface area contributed by atoms with E-state index in [0.717, 1.165) is 13.1 Å². The van der Waals surface area contributed by atoms with Crippen molar-refractivity contribution in [3.63, 3.8) is 0 Å². The molecule has 0 unspecified atom stereocenters. The first-order valence-electron chi connectivity index (χ1n) is 2.91. The minimum absolute atomic E-state index is 0.148. The van der Waals surface area contributed by atoms with Crippen molar-refractivity contribution in [1.82, 2.24) is 5.32 Å². The van der Waals surface area contributed by atoms with Crippen LogP contribution in [0.3, 0.4) is 0 Å². The second-order valence-corrected chi connectivity index (χ2v) is 1.84. The summed E-state index contributed by atoms with van der Waals surface area (Å²) in [6.07, 6.45) is 0. The maximum atomic E-state index is 8.27. The van der Waals surface area contributed by atoms with Gasteiger partial charge in [0, 0.05) is 6.54 Å². The molecule has 0 spiro atoms. The average molecular weight is 112 g/mol. The largest absolute Gasteiger partial charge is 0.316 e. The molecule has 2 nitrogen and oxygen atoms in total. The molecule has 2 heteroatoms. The van der Waals surface area contributed by atoms with E-state index < -0.39 is 0 Å². The van der Waals surface area contributed by atoms with Crippen LogP contribution in [0.2, 0.25) is 0 Å². The van der Waals surface area contributed by atoms with E-state index in [1.165, 1.54) is 0 Å². The number of rotatable bonds is 3. The van der Waals surface area contributed by atoms with Crippen LogP contribution >= 0.6 is 0 Å². The minimum atomic E-state index is 0.148.